The Morgan fingerprint density at radius 1 is 1.47 bits per heavy atom. The standard InChI is InChI=1S/C12H13BrN2OS/c1-3-4-9-10(13)12(16)15-11(14-9)8-6-17-5-7(8)2/h5-6H,3-4H2,1-2H3,(H,14,15,16). The van der Waals surface area contributed by atoms with Crippen molar-refractivity contribution in [2.45, 2.75) is 26.7 Å². The van der Waals surface area contributed by atoms with Crippen LogP contribution in [0.3, 0.4) is 0 Å². The maximum Gasteiger partial charge on any atom is 0.265 e. The Morgan fingerprint density at radius 2 is 2.24 bits per heavy atom. The Morgan fingerprint density at radius 3 is 2.82 bits per heavy atom. The minimum atomic E-state index is -0.107. The first-order valence-corrected chi connectivity index (χ1v) is 7.19. The summed E-state index contributed by atoms with van der Waals surface area (Å²) >= 11 is 4.91. The van der Waals surface area contributed by atoms with Gasteiger partial charge in [-0.25, -0.2) is 4.98 Å². The molecule has 90 valence electrons. The molecule has 0 bridgehead atoms. The lowest BCUT2D eigenvalue weighted by atomic mass is 10.2. The maximum atomic E-state index is 11.8. The Bertz CT molecular complexity index is 588. The summed E-state index contributed by atoms with van der Waals surface area (Å²) in [7, 11) is 0. The van der Waals surface area contributed by atoms with Crippen molar-refractivity contribution in [3.63, 3.8) is 0 Å². The van der Waals surface area contributed by atoms with Crippen molar-refractivity contribution >= 4 is 27.3 Å². The fourth-order valence-corrected chi connectivity index (χ4v) is 2.86. The molecule has 0 fully saturated rings. The van der Waals surface area contributed by atoms with E-state index in [0.29, 0.717) is 10.3 Å². The van der Waals surface area contributed by atoms with Gasteiger partial charge in [-0.1, -0.05) is 13.3 Å². The fourth-order valence-electron chi connectivity index (χ4n) is 1.64. The third kappa shape index (κ3) is 2.50. The van der Waals surface area contributed by atoms with Crippen molar-refractivity contribution in [1.82, 2.24) is 9.97 Å². The SMILES string of the molecule is CCCc1nc(-c2cscc2C)[nH]c(=O)c1Br. The van der Waals surface area contributed by atoms with Crippen LogP contribution in [0.25, 0.3) is 11.4 Å². The zero-order valence-electron chi connectivity index (χ0n) is 9.71. The number of hydrogen-bond donors (Lipinski definition) is 1. The minimum Gasteiger partial charge on any atom is -0.306 e. The predicted octanol–water partition coefficient (Wildman–Crippen LogP) is 3.52. The normalized spacial score (nSPS) is 10.8. The molecule has 0 saturated carbocycles. The van der Waals surface area contributed by atoms with Crippen LogP contribution in [-0.4, -0.2) is 9.97 Å². The van der Waals surface area contributed by atoms with E-state index in [0.717, 1.165) is 29.7 Å². The second kappa shape index (κ2) is 5.14. The van der Waals surface area contributed by atoms with Crippen molar-refractivity contribution in [2.24, 2.45) is 0 Å². The van der Waals surface area contributed by atoms with Crippen LogP contribution in [0.15, 0.2) is 20.0 Å². The van der Waals surface area contributed by atoms with Gasteiger partial charge in [0.15, 0.2) is 0 Å². The molecule has 1 N–H and O–H groups in total. The van der Waals surface area contributed by atoms with Crippen LogP contribution in [-0.2, 0) is 6.42 Å². The summed E-state index contributed by atoms with van der Waals surface area (Å²) in [6.07, 6.45) is 1.78. The number of halogens is 1. The lowest BCUT2D eigenvalue weighted by Crippen LogP contribution is -2.13. The quantitative estimate of drug-likeness (QED) is 0.942. The van der Waals surface area contributed by atoms with Crippen LogP contribution < -0.4 is 5.56 Å². The zero-order valence-corrected chi connectivity index (χ0v) is 12.1. The summed E-state index contributed by atoms with van der Waals surface area (Å²) < 4.78 is 0.552. The smallest absolute Gasteiger partial charge is 0.265 e. The van der Waals surface area contributed by atoms with Gasteiger partial charge in [-0.15, -0.1) is 0 Å². The molecule has 0 aliphatic rings. The number of aromatic nitrogens is 2. The van der Waals surface area contributed by atoms with Crippen molar-refractivity contribution in [3.8, 4) is 11.4 Å². The molecule has 0 radical (unpaired) electrons. The van der Waals surface area contributed by atoms with Crippen molar-refractivity contribution in [1.29, 1.82) is 0 Å². The lowest BCUT2D eigenvalue weighted by Gasteiger charge is -2.05. The van der Waals surface area contributed by atoms with E-state index in [1.807, 2.05) is 12.3 Å². The molecule has 0 saturated heterocycles. The van der Waals surface area contributed by atoms with Gasteiger partial charge in [0.1, 0.15) is 10.3 Å². The Kier molecular flexibility index (Phi) is 3.79. The first-order chi connectivity index (χ1) is 8.13. The molecule has 3 nitrogen and oxygen atoms in total. The van der Waals surface area contributed by atoms with E-state index in [1.165, 1.54) is 0 Å². The number of aryl methyl sites for hydroxylation is 2. The average molecular weight is 313 g/mol. The molecule has 0 spiro atoms. The number of thiophene rings is 1. The maximum absolute atomic E-state index is 11.8. The first-order valence-electron chi connectivity index (χ1n) is 5.45. The number of nitrogens with zero attached hydrogens (tertiary/aromatic N) is 1. The van der Waals surface area contributed by atoms with E-state index >= 15 is 0 Å². The number of hydrogen-bond acceptors (Lipinski definition) is 3. The van der Waals surface area contributed by atoms with Gasteiger partial charge in [0.05, 0.1) is 5.69 Å². The van der Waals surface area contributed by atoms with Gasteiger partial charge in [-0.05, 0) is 40.2 Å². The molecule has 0 unspecified atom stereocenters. The van der Waals surface area contributed by atoms with Crippen molar-refractivity contribution < 1.29 is 0 Å². The summed E-state index contributed by atoms with van der Waals surface area (Å²) in [5, 5.41) is 4.06. The molecule has 2 aromatic rings. The highest BCUT2D eigenvalue weighted by atomic mass is 79.9. The van der Waals surface area contributed by atoms with E-state index < -0.39 is 0 Å². The van der Waals surface area contributed by atoms with E-state index in [4.69, 9.17) is 0 Å². The number of aromatic amines is 1. The van der Waals surface area contributed by atoms with Crippen LogP contribution in [0.4, 0.5) is 0 Å². The van der Waals surface area contributed by atoms with Gasteiger partial charge >= 0.3 is 0 Å². The largest absolute Gasteiger partial charge is 0.306 e. The molecule has 2 rings (SSSR count). The number of nitrogens with one attached hydrogen (secondary N) is 1. The van der Waals surface area contributed by atoms with Gasteiger partial charge in [-0.2, -0.15) is 11.3 Å². The Balaban J connectivity index is 2.57. The summed E-state index contributed by atoms with van der Waals surface area (Å²) in [6, 6.07) is 0. The average Bonchev–Trinajstić information content (AvgIpc) is 2.71. The summed E-state index contributed by atoms with van der Waals surface area (Å²) in [4.78, 5) is 19.1. The minimum absolute atomic E-state index is 0.107. The molecular weight excluding hydrogens is 300 g/mol. The van der Waals surface area contributed by atoms with Gasteiger partial charge < -0.3 is 4.98 Å². The van der Waals surface area contributed by atoms with Crippen LogP contribution >= 0.6 is 27.3 Å². The van der Waals surface area contributed by atoms with Gasteiger partial charge in [0.2, 0.25) is 0 Å². The van der Waals surface area contributed by atoms with Gasteiger partial charge in [0.25, 0.3) is 5.56 Å². The molecular formula is C12H13BrN2OS. The van der Waals surface area contributed by atoms with Crippen molar-refractivity contribution in [2.75, 3.05) is 0 Å². The highest BCUT2D eigenvalue weighted by molar-refractivity contribution is 9.10. The monoisotopic (exact) mass is 312 g/mol. The van der Waals surface area contributed by atoms with Crippen molar-refractivity contribution in [3.05, 3.63) is 36.8 Å². The van der Waals surface area contributed by atoms with Gasteiger partial charge in [-0.3, -0.25) is 4.79 Å². The molecule has 17 heavy (non-hydrogen) atoms. The van der Waals surface area contributed by atoms with E-state index in [2.05, 4.69) is 38.2 Å². The topological polar surface area (TPSA) is 45.8 Å². The van der Waals surface area contributed by atoms with Crippen LogP contribution in [0.2, 0.25) is 0 Å². The van der Waals surface area contributed by atoms with E-state index in [1.54, 1.807) is 11.3 Å². The molecule has 5 heteroatoms. The second-order valence-corrected chi connectivity index (χ2v) is 5.43. The Labute approximate surface area is 112 Å². The first kappa shape index (κ1) is 12.5. The molecule has 0 aliphatic carbocycles. The number of rotatable bonds is 3. The molecule has 0 aliphatic heterocycles. The molecule has 0 amide bonds. The molecule has 0 atom stereocenters. The predicted molar refractivity (Wildman–Crippen MR) is 74.6 cm³/mol. The van der Waals surface area contributed by atoms with Gasteiger partial charge in [0, 0.05) is 10.9 Å². The Hall–Kier alpha value is -0.940. The summed E-state index contributed by atoms with van der Waals surface area (Å²) in [5.41, 5.74) is 2.88. The number of H-pyrrole nitrogens is 1. The highest BCUT2D eigenvalue weighted by Gasteiger charge is 2.11. The zero-order chi connectivity index (χ0) is 12.4. The fraction of sp³-hybridized carbons (Fsp3) is 0.333. The highest BCUT2D eigenvalue weighted by Crippen LogP contribution is 2.24. The molecule has 2 aromatic heterocycles. The summed E-state index contributed by atoms with van der Waals surface area (Å²) in [5.74, 6) is 0.667. The van der Waals surface area contributed by atoms with Crippen LogP contribution in [0.1, 0.15) is 24.6 Å². The third-order valence-electron chi connectivity index (χ3n) is 2.53. The van der Waals surface area contributed by atoms with E-state index in [9.17, 15) is 4.79 Å². The van der Waals surface area contributed by atoms with E-state index in [-0.39, 0.29) is 5.56 Å². The molecule has 0 aromatic carbocycles. The second-order valence-electron chi connectivity index (χ2n) is 3.89. The molecule has 2 heterocycles. The third-order valence-corrected chi connectivity index (χ3v) is 4.21. The van der Waals surface area contributed by atoms with Crippen LogP contribution in [0, 0.1) is 6.92 Å². The lowest BCUT2D eigenvalue weighted by molar-refractivity contribution is 0.861. The summed E-state index contributed by atoms with van der Waals surface area (Å²) in [6.45, 7) is 4.10. The van der Waals surface area contributed by atoms with Crippen LogP contribution in [0.5, 0.6) is 0 Å².